The number of methoxy groups -OCH3 is 1. The lowest BCUT2D eigenvalue weighted by Crippen LogP contribution is -2.08. The monoisotopic (exact) mass is 268 g/mol. The molecule has 0 spiro atoms. The van der Waals surface area contributed by atoms with Crippen molar-refractivity contribution < 1.29 is 9.53 Å². The summed E-state index contributed by atoms with van der Waals surface area (Å²) in [6.07, 6.45) is 0.885. The first kappa shape index (κ1) is 14.3. The number of Topliss-reactive ketones (excluding diaryl/α,β-unsaturated/α-hetero) is 1. The highest BCUT2D eigenvalue weighted by Gasteiger charge is 2.10. The smallest absolute Gasteiger partial charge is 0.141 e. The third-order valence-electron chi connectivity index (χ3n) is 3.35. The van der Waals surface area contributed by atoms with E-state index in [0.29, 0.717) is 12.8 Å². The van der Waals surface area contributed by atoms with Gasteiger partial charge in [0.05, 0.1) is 7.11 Å². The van der Waals surface area contributed by atoms with Crippen molar-refractivity contribution in [1.29, 1.82) is 0 Å². The van der Waals surface area contributed by atoms with Crippen LogP contribution in [-0.4, -0.2) is 12.9 Å². The molecule has 2 aromatic carbocycles. The van der Waals surface area contributed by atoms with E-state index in [1.165, 1.54) is 5.56 Å². The highest BCUT2D eigenvalue weighted by atomic mass is 16.5. The average Bonchev–Trinajstić information content (AvgIpc) is 2.41. The first-order chi connectivity index (χ1) is 9.58. The number of ketones is 1. The Labute approximate surface area is 120 Å². The van der Waals surface area contributed by atoms with E-state index in [2.05, 4.69) is 0 Å². The van der Waals surface area contributed by atoms with Crippen LogP contribution in [0.2, 0.25) is 0 Å². The van der Waals surface area contributed by atoms with Gasteiger partial charge >= 0.3 is 0 Å². The molecule has 0 aliphatic carbocycles. The number of aryl methyl sites for hydroxylation is 2. The van der Waals surface area contributed by atoms with Crippen LogP contribution in [0.15, 0.2) is 42.5 Å². The molecule has 0 saturated heterocycles. The van der Waals surface area contributed by atoms with Gasteiger partial charge in [0.15, 0.2) is 0 Å². The Morgan fingerprint density at radius 3 is 2.25 bits per heavy atom. The van der Waals surface area contributed by atoms with Gasteiger partial charge < -0.3 is 4.74 Å². The van der Waals surface area contributed by atoms with Crippen LogP contribution in [0.5, 0.6) is 5.75 Å². The zero-order valence-corrected chi connectivity index (χ0v) is 12.3. The molecule has 0 fully saturated rings. The molecular formula is C18H20O2. The van der Waals surface area contributed by atoms with Crippen LogP contribution in [0.4, 0.5) is 0 Å². The van der Waals surface area contributed by atoms with E-state index >= 15 is 0 Å². The Morgan fingerprint density at radius 2 is 1.60 bits per heavy atom. The van der Waals surface area contributed by atoms with Gasteiger partial charge in [0, 0.05) is 18.4 Å². The van der Waals surface area contributed by atoms with Crippen LogP contribution in [0.25, 0.3) is 0 Å². The molecule has 0 aliphatic rings. The van der Waals surface area contributed by atoms with Crippen molar-refractivity contribution in [3.05, 3.63) is 64.7 Å². The van der Waals surface area contributed by atoms with Crippen molar-refractivity contribution in [3.8, 4) is 5.75 Å². The molecule has 0 amide bonds. The third kappa shape index (κ3) is 3.70. The molecule has 0 aliphatic heterocycles. The van der Waals surface area contributed by atoms with Crippen LogP contribution in [0.1, 0.15) is 22.3 Å². The van der Waals surface area contributed by atoms with Gasteiger partial charge in [-0.3, -0.25) is 4.79 Å². The lowest BCUT2D eigenvalue weighted by molar-refractivity contribution is -0.117. The fourth-order valence-corrected chi connectivity index (χ4v) is 2.25. The second-order valence-corrected chi connectivity index (χ2v) is 5.19. The zero-order valence-electron chi connectivity index (χ0n) is 12.3. The van der Waals surface area contributed by atoms with E-state index in [1.807, 2.05) is 56.3 Å². The molecule has 0 heterocycles. The van der Waals surface area contributed by atoms with Gasteiger partial charge in [-0.15, -0.1) is 0 Å². The molecule has 0 aromatic heterocycles. The lowest BCUT2D eigenvalue weighted by Gasteiger charge is -2.09. The molecule has 0 radical (unpaired) electrons. The molecule has 20 heavy (non-hydrogen) atoms. The van der Waals surface area contributed by atoms with Gasteiger partial charge in [0.25, 0.3) is 0 Å². The molecule has 0 saturated carbocycles. The second kappa shape index (κ2) is 6.38. The van der Waals surface area contributed by atoms with E-state index < -0.39 is 0 Å². The van der Waals surface area contributed by atoms with E-state index in [1.54, 1.807) is 7.11 Å². The van der Waals surface area contributed by atoms with Crippen LogP contribution < -0.4 is 4.74 Å². The Kier molecular flexibility index (Phi) is 4.57. The second-order valence-electron chi connectivity index (χ2n) is 5.19. The Morgan fingerprint density at radius 1 is 0.950 bits per heavy atom. The number of rotatable bonds is 5. The fraction of sp³-hybridized carbons (Fsp3) is 0.278. The standard InChI is InChI=1S/C18H20O2/c1-13-4-7-15(8-5-13)11-17(19)12-16-10-14(2)6-9-18(16)20-3/h4-10H,11-12H2,1-3H3. The minimum absolute atomic E-state index is 0.206. The minimum atomic E-state index is 0.206. The largest absolute Gasteiger partial charge is 0.496 e. The number of hydrogen-bond acceptors (Lipinski definition) is 2. The normalized spacial score (nSPS) is 10.3. The summed E-state index contributed by atoms with van der Waals surface area (Å²) >= 11 is 0. The number of benzene rings is 2. The summed E-state index contributed by atoms with van der Waals surface area (Å²) in [7, 11) is 1.64. The summed E-state index contributed by atoms with van der Waals surface area (Å²) in [5.41, 5.74) is 4.38. The van der Waals surface area contributed by atoms with Gasteiger partial charge in [0.1, 0.15) is 11.5 Å². The lowest BCUT2D eigenvalue weighted by atomic mass is 10.0. The first-order valence-corrected chi connectivity index (χ1v) is 6.79. The van der Waals surface area contributed by atoms with Gasteiger partial charge in [-0.1, -0.05) is 47.5 Å². The average molecular weight is 268 g/mol. The molecule has 104 valence electrons. The topological polar surface area (TPSA) is 26.3 Å². The molecule has 0 atom stereocenters. The molecule has 2 aromatic rings. The molecular weight excluding hydrogens is 248 g/mol. The van der Waals surface area contributed by atoms with Crippen LogP contribution in [-0.2, 0) is 17.6 Å². The maximum atomic E-state index is 12.2. The summed E-state index contributed by atoms with van der Waals surface area (Å²) in [5, 5.41) is 0. The summed E-state index contributed by atoms with van der Waals surface area (Å²) < 4.78 is 5.31. The van der Waals surface area contributed by atoms with Crippen molar-refractivity contribution in [2.75, 3.05) is 7.11 Å². The van der Waals surface area contributed by atoms with E-state index in [-0.39, 0.29) is 5.78 Å². The van der Waals surface area contributed by atoms with Crippen molar-refractivity contribution >= 4 is 5.78 Å². The Bertz CT molecular complexity index is 597. The number of carbonyl (C=O) groups is 1. The van der Waals surface area contributed by atoms with Crippen molar-refractivity contribution in [3.63, 3.8) is 0 Å². The summed E-state index contributed by atoms with van der Waals surface area (Å²) in [6, 6.07) is 14.0. The molecule has 2 nitrogen and oxygen atoms in total. The molecule has 0 unspecified atom stereocenters. The van der Waals surface area contributed by atoms with E-state index in [4.69, 9.17) is 4.74 Å². The van der Waals surface area contributed by atoms with Crippen molar-refractivity contribution in [2.24, 2.45) is 0 Å². The molecule has 0 N–H and O–H groups in total. The highest BCUT2D eigenvalue weighted by Crippen LogP contribution is 2.21. The van der Waals surface area contributed by atoms with Crippen molar-refractivity contribution in [1.82, 2.24) is 0 Å². The number of carbonyl (C=O) groups excluding carboxylic acids is 1. The molecule has 2 heteroatoms. The van der Waals surface area contributed by atoms with Crippen molar-refractivity contribution in [2.45, 2.75) is 26.7 Å². The SMILES string of the molecule is COc1ccc(C)cc1CC(=O)Cc1ccc(C)cc1. The number of hydrogen-bond donors (Lipinski definition) is 0. The Balaban J connectivity index is 2.08. The van der Waals surface area contributed by atoms with Gasteiger partial charge in [0.2, 0.25) is 0 Å². The Hall–Kier alpha value is -2.09. The van der Waals surface area contributed by atoms with Crippen LogP contribution >= 0.6 is 0 Å². The predicted molar refractivity (Wildman–Crippen MR) is 81.3 cm³/mol. The maximum absolute atomic E-state index is 12.2. The van der Waals surface area contributed by atoms with Gasteiger partial charge in [-0.2, -0.15) is 0 Å². The summed E-state index contributed by atoms with van der Waals surface area (Å²) in [4.78, 5) is 12.2. The minimum Gasteiger partial charge on any atom is -0.496 e. The molecule has 2 rings (SSSR count). The van der Waals surface area contributed by atoms with Gasteiger partial charge in [-0.05, 0) is 25.5 Å². The van der Waals surface area contributed by atoms with Crippen LogP contribution in [0, 0.1) is 13.8 Å². The fourth-order valence-electron chi connectivity index (χ4n) is 2.25. The predicted octanol–water partition coefficient (Wildman–Crippen LogP) is 3.67. The van der Waals surface area contributed by atoms with E-state index in [9.17, 15) is 4.79 Å². The van der Waals surface area contributed by atoms with Gasteiger partial charge in [-0.25, -0.2) is 0 Å². The third-order valence-corrected chi connectivity index (χ3v) is 3.35. The number of ether oxygens (including phenoxy) is 1. The molecule has 0 bridgehead atoms. The van der Waals surface area contributed by atoms with Crippen LogP contribution in [0.3, 0.4) is 0 Å². The first-order valence-electron chi connectivity index (χ1n) is 6.79. The maximum Gasteiger partial charge on any atom is 0.141 e. The summed E-state index contributed by atoms with van der Waals surface area (Å²) in [5.74, 6) is 0.991. The van der Waals surface area contributed by atoms with E-state index in [0.717, 1.165) is 22.4 Å². The summed E-state index contributed by atoms with van der Waals surface area (Å²) in [6.45, 7) is 4.07. The quantitative estimate of drug-likeness (QED) is 0.827. The zero-order chi connectivity index (χ0) is 14.5. The highest BCUT2D eigenvalue weighted by molar-refractivity contribution is 5.83.